The molecule has 0 saturated carbocycles. The maximum absolute atomic E-state index is 11.6. The van der Waals surface area contributed by atoms with Gasteiger partial charge in [-0.25, -0.2) is 4.98 Å². The summed E-state index contributed by atoms with van der Waals surface area (Å²) < 4.78 is 7.78. The van der Waals surface area contributed by atoms with Gasteiger partial charge in [-0.15, -0.1) is 0 Å². The Balaban J connectivity index is 1.11. The van der Waals surface area contributed by atoms with E-state index in [0.29, 0.717) is 47.6 Å². The van der Waals surface area contributed by atoms with Crippen LogP contribution in [0, 0.1) is 0 Å². The Morgan fingerprint density at radius 3 is 2.28 bits per heavy atom. The van der Waals surface area contributed by atoms with Crippen molar-refractivity contribution < 1.29 is 14.3 Å². The fourth-order valence-corrected chi connectivity index (χ4v) is 7.80. The molecule has 0 bridgehead atoms. The number of ether oxygens (including phenoxy) is 1. The van der Waals surface area contributed by atoms with Crippen molar-refractivity contribution in [3.8, 4) is 39.4 Å². The average molecular weight is 712 g/mol. The maximum Gasteiger partial charge on any atom is 0.220 e. The van der Waals surface area contributed by atoms with E-state index in [0.717, 1.165) is 76.5 Å². The number of nitrogens with one attached hydrogen (secondary N) is 3. The van der Waals surface area contributed by atoms with E-state index in [1.165, 1.54) is 5.56 Å². The highest BCUT2D eigenvalue weighted by atomic mass is 35.5. The molecule has 0 spiro atoms. The third kappa shape index (κ3) is 7.08. The van der Waals surface area contributed by atoms with E-state index in [2.05, 4.69) is 32.8 Å². The minimum Gasteiger partial charge on any atom is -0.481 e. The highest BCUT2D eigenvalue weighted by molar-refractivity contribution is 6.39. The lowest BCUT2D eigenvalue weighted by molar-refractivity contribution is -0.120. The molecule has 7 rings (SSSR count). The summed E-state index contributed by atoms with van der Waals surface area (Å²) >= 11 is 14.3. The minimum absolute atomic E-state index is 0.104. The Hall–Kier alpha value is -4.44. The number of pyridine rings is 2. The molecule has 9 nitrogen and oxygen atoms in total. The zero-order valence-corrected chi connectivity index (χ0v) is 29.7. The first-order valence-corrected chi connectivity index (χ1v) is 17.9. The van der Waals surface area contributed by atoms with Gasteiger partial charge in [-0.2, -0.15) is 0 Å². The van der Waals surface area contributed by atoms with Gasteiger partial charge in [-0.1, -0.05) is 65.7 Å². The summed E-state index contributed by atoms with van der Waals surface area (Å²) in [6.45, 7) is 1.24. The topological polar surface area (TPSA) is 110 Å². The molecule has 5 heterocycles. The molecule has 3 aromatic heterocycles. The van der Waals surface area contributed by atoms with Crippen molar-refractivity contribution in [2.75, 3.05) is 13.7 Å². The van der Waals surface area contributed by atoms with E-state index in [4.69, 9.17) is 37.9 Å². The number of aryl methyl sites for hydroxylation is 2. The van der Waals surface area contributed by atoms with Gasteiger partial charge in [0.05, 0.1) is 33.9 Å². The highest BCUT2D eigenvalue weighted by Gasteiger charge is 2.22. The van der Waals surface area contributed by atoms with E-state index in [-0.39, 0.29) is 23.9 Å². The van der Waals surface area contributed by atoms with Crippen LogP contribution in [0.3, 0.4) is 0 Å². The highest BCUT2D eigenvalue weighted by Crippen LogP contribution is 2.42. The van der Waals surface area contributed by atoms with E-state index in [1.807, 2.05) is 61.8 Å². The molecule has 2 amide bonds. The van der Waals surface area contributed by atoms with Crippen molar-refractivity contribution in [3.05, 3.63) is 88.2 Å². The van der Waals surface area contributed by atoms with Crippen molar-refractivity contribution in [3.63, 3.8) is 0 Å². The van der Waals surface area contributed by atoms with Crippen LogP contribution in [-0.2, 0) is 29.6 Å². The molecule has 0 radical (unpaired) electrons. The normalized spacial score (nSPS) is 17.4. The van der Waals surface area contributed by atoms with Crippen molar-refractivity contribution in [1.82, 2.24) is 30.5 Å². The van der Waals surface area contributed by atoms with Gasteiger partial charge in [0.15, 0.2) is 0 Å². The van der Waals surface area contributed by atoms with Gasteiger partial charge in [-0.3, -0.25) is 14.6 Å². The fourth-order valence-electron chi connectivity index (χ4n) is 7.14. The Labute approximate surface area is 301 Å². The standard InChI is InChI=1S/C39H40Cl2N6O3/c1-47-22-24(6-3-7-26-13-16-34(48)44-26)38-33(47)18-25(20-43-38)28-8-4-9-29(36(28)40)30-10-5-11-31(37(30)41)32-15-12-23(39(46-32)50-2)19-42-21-27-14-17-35(49)45-27/h4-5,8-12,15,18,20,22,26-27,42H,3,6-7,13-14,16-17,19,21H2,1-2H3,(H,44,48)(H,45,49)/t26?,27-/m0/s1. The van der Waals surface area contributed by atoms with Gasteiger partial charge in [0, 0.05) is 90.8 Å². The van der Waals surface area contributed by atoms with Gasteiger partial charge in [0.25, 0.3) is 0 Å². The second-order valence-electron chi connectivity index (χ2n) is 13.2. The van der Waals surface area contributed by atoms with Gasteiger partial charge in [0.2, 0.25) is 17.7 Å². The summed E-state index contributed by atoms with van der Waals surface area (Å²) in [5.74, 6) is 0.779. The van der Waals surface area contributed by atoms with Crippen LogP contribution in [-0.4, -0.2) is 52.1 Å². The lowest BCUT2D eigenvalue weighted by Crippen LogP contribution is -2.35. The molecular formula is C39H40Cl2N6O3. The number of benzene rings is 2. The molecule has 2 aliphatic rings. The van der Waals surface area contributed by atoms with Crippen molar-refractivity contribution in [2.45, 2.75) is 63.6 Å². The molecule has 1 unspecified atom stereocenters. The van der Waals surface area contributed by atoms with Crippen LogP contribution < -0.4 is 20.7 Å². The zero-order valence-electron chi connectivity index (χ0n) is 28.2. The molecule has 0 aliphatic carbocycles. The molecule has 2 fully saturated rings. The third-order valence-corrected chi connectivity index (χ3v) is 10.6. The number of methoxy groups -OCH3 is 1. The predicted octanol–water partition coefficient (Wildman–Crippen LogP) is 7.25. The first-order valence-electron chi connectivity index (χ1n) is 17.1. The number of carbonyl (C=O) groups is 2. The first kappa shape index (κ1) is 34.0. The van der Waals surface area contributed by atoms with E-state index in [1.54, 1.807) is 7.11 Å². The smallest absolute Gasteiger partial charge is 0.220 e. The molecule has 2 atom stereocenters. The zero-order chi connectivity index (χ0) is 34.8. The van der Waals surface area contributed by atoms with Crippen LogP contribution >= 0.6 is 23.2 Å². The third-order valence-electron chi connectivity index (χ3n) is 9.78. The second kappa shape index (κ2) is 14.8. The summed E-state index contributed by atoms with van der Waals surface area (Å²) in [6.07, 6.45) is 9.89. The second-order valence-corrected chi connectivity index (χ2v) is 13.9. The molecule has 3 N–H and O–H groups in total. The summed E-state index contributed by atoms with van der Waals surface area (Å²) in [4.78, 5) is 32.8. The van der Waals surface area contributed by atoms with Crippen LogP contribution in [0.15, 0.2) is 67.0 Å². The summed E-state index contributed by atoms with van der Waals surface area (Å²) in [6, 6.07) is 18.4. The summed E-state index contributed by atoms with van der Waals surface area (Å²) in [7, 11) is 3.65. The lowest BCUT2D eigenvalue weighted by atomic mass is 9.97. The monoisotopic (exact) mass is 710 g/mol. The molecule has 50 heavy (non-hydrogen) atoms. The van der Waals surface area contributed by atoms with Crippen molar-refractivity contribution in [2.24, 2.45) is 7.05 Å². The van der Waals surface area contributed by atoms with Gasteiger partial charge >= 0.3 is 0 Å². The number of fused-ring (bicyclic) bond motifs is 1. The Kier molecular flexibility index (Phi) is 10.1. The number of rotatable bonds is 12. The number of carbonyl (C=O) groups excluding carboxylic acids is 2. The SMILES string of the molecule is COc1nc(-c2cccc(-c3cccc(-c4cnc5c(CCCC6CCC(=O)N6)cn(C)c5c4)c3Cl)c2Cl)ccc1CNC[C@@H]1CCC(=O)N1. The molecule has 258 valence electrons. The average Bonchev–Trinajstić information content (AvgIpc) is 3.83. The van der Waals surface area contributed by atoms with E-state index in [9.17, 15) is 9.59 Å². The number of aromatic nitrogens is 3. The van der Waals surface area contributed by atoms with E-state index < -0.39 is 0 Å². The Morgan fingerprint density at radius 2 is 1.58 bits per heavy atom. The number of hydrogen-bond donors (Lipinski definition) is 3. The van der Waals surface area contributed by atoms with Crippen molar-refractivity contribution >= 4 is 46.0 Å². The minimum atomic E-state index is 0.104. The van der Waals surface area contributed by atoms with Crippen LogP contribution in [0.5, 0.6) is 5.88 Å². The molecular weight excluding hydrogens is 671 g/mol. The van der Waals surface area contributed by atoms with Gasteiger partial charge < -0.3 is 25.3 Å². The number of amides is 2. The summed E-state index contributed by atoms with van der Waals surface area (Å²) in [5, 5.41) is 10.6. The Morgan fingerprint density at radius 1 is 0.900 bits per heavy atom. The van der Waals surface area contributed by atoms with Crippen LogP contribution in [0.2, 0.25) is 10.0 Å². The lowest BCUT2D eigenvalue weighted by Gasteiger charge is -2.16. The molecule has 5 aromatic rings. The van der Waals surface area contributed by atoms with Crippen LogP contribution in [0.1, 0.15) is 49.7 Å². The predicted molar refractivity (Wildman–Crippen MR) is 198 cm³/mol. The largest absolute Gasteiger partial charge is 0.481 e. The van der Waals surface area contributed by atoms with Crippen LogP contribution in [0.25, 0.3) is 44.5 Å². The number of halogens is 2. The molecule has 2 aliphatic heterocycles. The number of nitrogens with zero attached hydrogens (tertiary/aromatic N) is 3. The van der Waals surface area contributed by atoms with Gasteiger partial charge in [0.1, 0.15) is 0 Å². The maximum atomic E-state index is 11.6. The molecule has 2 aromatic carbocycles. The number of hydrogen-bond acceptors (Lipinski definition) is 6. The molecule has 11 heteroatoms. The molecule has 2 saturated heterocycles. The van der Waals surface area contributed by atoms with Crippen LogP contribution in [0.4, 0.5) is 0 Å². The first-order chi connectivity index (χ1) is 24.3. The van der Waals surface area contributed by atoms with Gasteiger partial charge in [-0.05, 0) is 49.8 Å². The Bertz CT molecular complexity index is 2080. The van der Waals surface area contributed by atoms with E-state index >= 15 is 0 Å². The van der Waals surface area contributed by atoms with Crippen molar-refractivity contribution in [1.29, 1.82) is 0 Å². The fraction of sp³-hybridized carbons (Fsp3) is 0.333. The summed E-state index contributed by atoms with van der Waals surface area (Å²) in [5.41, 5.74) is 9.01. The quantitative estimate of drug-likeness (QED) is 0.126.